The van der Waals surface area contributed by atoms with E-state index in [9.17, 15) is 13.2 Å². The number of nitrogens with zero attached hydrogens (tertiary/aromatic N) is 5. The van der Waals surface area contributed by atoms with Gasteiger partial charge in [-0.05, 0) is 79.4 Å². The molecular formula is C30H39N5O5S. The summed E-state index contributed by atoms with van der Waals surface area (Å²) in [6.45, 7) is 6.48. The highest BCUT2D eigenvalue weighted by molar-refractivity contribution is 7.89. The van der Waals surface area contributed by atoms with Crippen molar-refractivity contribution in [3.63, 3.8) is 0 Å². The molecule has 220 valence electrons. The van der Waals surface area contributed by atoms with Crippen LogP contribution in [0.25, 0.3) is 11.3 Å². The standard InChI is InChI=1S/C30H39N5O5S/c1-23(2)16-19-35(41(37,38)27-12-10-26(40-4)11-13-27)22-30(36)34-18-5-17-33(20-21-34)29-15-14-28(31-32-29)24-6-8-25(39-3)9-7-24/h6-15,23H,5,16-22H2,1-4H3. The molecule has 10 nitrogen and oxygen atoms in total. The summed E-state index contributed by atoms with van der Waals surface area (Å²) in [6.07, 6.45) is 1.40. The van der Waals surface area contributed by atoms with Crippen molar-refractivity contribution in [1.82, 2.24) is 19.4 Å². The van der Waals surface area contributed by atoms with Gasteiger partial charge in [-0.25, -0.2) is 8.42 Å². The molecule has 0 saturated carbocycles. The molecule has 0 atom stereocenters. The zero-order chi connectivity index (χ0) is 29.4. The molecule has 1 aromatic heterocycles. The van der Waals surface area contributed by atoms with Crippen LogP contribution >= 0.6 is 0 Å². The summed E-state index contributed by atoms with van der Waals surface area (Å²) >= 11 is 0. The van der Waals surface area contributed by atoms with E-state index in [0.717, 1.165) is 35.8 Å². The van der Waals surface area contributed by atoms with Gasteiger partial charge in [0.25, 0.3) is 0 Å². The molecule has 4 rings (SSSR count). The normalized spacial score (nSPS) is 14.3. The van der Waals surface area contributed by atoms with Crippen LogP contribution in [-0.4, -0.2) is 87.2 Å². The monoisotopic (exact) mass is 581 g/mol. The van der Waals surface area contributed by atoms with Gasteiger partial charge in [0.2, 0.25) is 15.9 Å². The maximum absolute atomic E-state index is 13.5. The van der Waals surface area contributed by atoms with E-state index in [4.69, 9.17) is 9.47 Å². The number of amides is 1. The van der Waals surface area contributed by atoms with E-state index in [1.807, 2.05) is 50.2 Å². The number of aromatic nitrogens is 2. The lowest BCUT2D eigenvalue weighted by molar-refractivity contribution is -0.131. The van der Waals surface area contributed by atoms with Gasteiger partial charge in [0.15, 0.2) is 5.82 Å². The Kier molecular flexibility index (Phi) is 10.2. The van der Waals surface area contributed by atoms with Crippen molar-refractivity contribution in [2.75, 3.05) is 58.4 Å². The van der Waals surface area contributed by atoms with Crippen LogP contribution in [0.2, 0.25) is 0 Å². The van der Waals surface area contributed by atoms with Crippen LogP contribution in [0.4, 0.5) is 5.82 Å². The van der Waals surface area contributed by atoms with E-state index in [1.54, 1.807) is 24.1 Å². The third-order valence-corrected chi connectivity index (χ3v) is 9.03. The number of anilines is 1. The minimum absolute atomic E-state index is 0.147. The average molecular weight is 582 g/mol. The van der Waals surface area contributed by atoms with Gasteiger partial charge in [-0.15, -0.1) is 10.2 Å². The molecule has 2 heterocycles. The van der Waals surface area contributed by atoms with Gasteiger partial charge in [-0.1, -0.05) is 13.8 Å². The third-order valence-electron chi connectivity index (χ3n) is 7.17. The number of hydrogen-bond acceptors (Lipinski definition) is 8. The fourth-order valence-electron chi connectivity index (χ4n) is 4.64. The van der Waals surface area contributed by atoms with Crippen LogP contribution in [0.15, 0.2) is 65.6 Å². The van der Waals surface area contributed by atoms with Crippen LogP contribution in [0.1, 0.15) is 26.7 Å². The fourth-order valence-corrected chi connectivity index (χ4v) is 6.04. The summed E-state index contributed by atoms with van der Waals surface area (Å²) in [5.41, 5.74) is 1.71. The van der Waals surface area contributed by atoms with Gasteiger partial charge in [0.1, 0.15) is 11.5 Å². The molecule has 0 N–H and O–H groups in total. The lowest BCUT2D eigenvalue weighted by atomic mass is 10.1. The van der Waals surface area contributed by atoms with E-state index in [-0.39, 0.29) is 23.9 Å². The second kappa shape index (κ2) is 13.8. The number of benzene rings is 2. The Hall–Kier alpha value is -3.70. The van der Waals surface area contributed by atoms with Crippen molar-refractivity contribution in [2.24, 2.45) is 5.92 Å². The summed E-state index contributed by atoms with van der Waals surface area (Å²) in [4.78, 5) is 17.4. The molecule has 2 aromatic carbocycles. The van der Waals surface area contributed by atoms with Crippen molar-refractivity contribution in [3.8, 4) is 22.8 Å². The number of hydrogen-bond donors (Lipinski definition) is 0. The van der Waals surface area contributed by atoms with Crippen molar-refractivity contribution in [3.05, 3.63) is 60.7 Å². The number of ether oxygens (including phenoxy) is 2. The number of rotatable bonds is 11. The molecule has 1 amide bonds. The van der Waals surface area contributed by atoms with E-state index in [2.05, 4.69) is 15.1 Å². The molecule has 11 heteroatoms. The van der Waals surface area contributed by atoms with E-state index >= 15 is 0 Å². The van der Waals surface area contributed by atoms with Crippen LogP contribution in [0.5, 0.6) is 11.5 Å². The minimum Gasteiger partial charge on any atom is -0.497 e. The molecule has 0 bridgehead atoms. The smallest absolute Gasteiger partial charge is 0.243 e. The number of sulfonamides is 1. The summed E-state index contributed by atoms with van der Waals surface area (Å²) in [6, 6.07) is 17.8. The van der Waals surface area contributed by atoms with Crippen molar-refractivity contribution in [1.29, 1.82) is 0 Å². The highest BCUT2D eigenvalue weighted by Gasteiger charge is 2.29. The molecule has 0 radical (unpaired) electrons. The second-order valence-corrected chi connectivity index (χ2v) is 12.4. The van der Waals surface area contributed by atoms with E-state index in [0.29, 0.717) is 37.7 Å². The van der Waals surface area contributed by atoms with Crippen LogP contribution in [0.3, 0.4) is 0 Å². The Balaban J connectivity index is 1.41. The molecule has 41 heavy (non-hydrogen) atoms. The maximum Gasteiger partial charge on any atom is 0.243 e. The van der Waals surface area contributed by atoms with Gasteiger partial charge < -0.3 is 19.3 Å². The Morgan fingerprint density at radius 1 is 0.878 bits per heavy atom. The first-order chi connectivity index (χ1) is 19.7. The molecule has 0 aliphatic carbocycles. The van der Waals surface area contributed by atoms with Gasteiger partial charge in [0.05, 0.1) is 31.4 Å². The summed E-state index contributed by atoms with van der Waals surface area (Å²) in [5.74, 6) is 2.19. The zero-order valence-corrected chi connectivity index (χ0v) is 25.0. The molecular weight excluding hydrogens is 542 g/mol. The quantitative estimate of drug-likeness (QED) is 0.335. The number of carbonyl (C=O) groups is 1. The predicted molar refractivity (Wildman–Crippen MR) is 159 cm³/mol. The SMILES string of the molecule is COc1ccc(-c2ccc(N3CCCN(C(=O)CN(CCC(C)C)S(=O)(=O)c4ccc(OC)cc4)CC3)nn2)cc1. The molecule has 1 fully saturated rings. The van der Waals surface area contributed by atoms with Crippen LogP contribution < -0.4 is 14.4 Å². The predicted octanol–water partition coefficient (Wildman–Crippen LogP) is 3.94. The lowest BCUT2D eigenvalue weighted by Crippen LogP contribution is -2.44. The topological polar surface area (TPSA) is 105 Å². The molecule has 0 spiro atoms. The van der Waals surface area contributed by atoms with E-state index < -0.39 is 10.0 Å². The third kappa shape index (κ3) is 7.74. The second-order valence-electron chi connectivity index (χ2n) is 10.4. The summed E-state index contributed by atoms with van der Waals surface area (Å²) in [5, 5.41) is 8.86. The van der Waals surface area contributed by atoms with Crippen molar-refractivity contribution < 1.29 is 22.7 Å². The van der Waals surface area contributed by atoms with Gasteiger partial charge in [-0.3, -0.25) is 4.79 Å². The first-order valence-electron chi connectivity index (χ1n) is 13.9. The molecule has 1 saturated heterocycles. The molecule has 1 aliphatic rings. The molecule has 0 unspecified atom stereocenters. The lowest BCUT2D eigenvalue weighted by Gasteiger charge is -2.27. The zero-order valence-electron chi connectivity index (χ0n) is 24.2. The van der Waals surface area contributed by atoms with Gasteiger partial charge in [0, 0.05) is 38.3 Å². The number of methoxy groups -OCH3 is 2. The fraction of sp³-hybridized carbons (Fsp3) is 0.433. The van der Waals surface area contributed by atoms with Crippen LogP contribution in [0, 0.1) is 5.92 Å². The first-order valence-corrected chi connectivity index (χ1v) is 15.3. The van der Waals surface area contributed by atoms with Crippen molar-refractivity contribution in [2.45, 2.75) is 31.6 Å². The highest BCUT2D eigenvalue weighted by Crippen LogP contribution is 2.23. The van der Waals surface area contributed by atoms with Crippen LogP contribution in [-0.2, 0) is 14.8 Å². The Morgan fingerprint density at radius 2 is 1.54 bits per heavy atom. The highest BCUT2D eigenvalue weighted by atomic mass is 32.2. The minimum atomic E-state index is -3.85. The Bertz CT molecular complexity index is 1380. The summed E-state index contributed by atoms with van der Waals surface area (Å²) in [7, 11) is -0.692. The van der Waals surface area contributed by atoms with Gasteiger partial charge >= 0.3 is 0 Å². The van der Waals surface area contributed by atoms with Crippen molar-refractivity contribution >= 4 is 21.7 Å². The molecule has 1 aliphatic heterocycles. The maximum atomic E-state index is 13.5. The Labute approximate surface area is 242 Å². The average Bonchev–Trinajstić information content (AvgIpc) is 3.26. The van der Waals surface area contributed by atoms with E-state index in [1.165, 1.54) is 23.5 Å². The largest absolute Gasteiger partial charge is 0.497 e. The first kappa shape index (κ1) is 30.3. The van der Waals surface area contributed by atoms with Gasteiger partial charge in [-0.2, -0.15) is 4.31 Å². The Morgan fingerprint density at radius 3 is 2.12 bits per heavy atom. The number of carbonyl (C=O) groups excluding carboxylic acids is 1. The molecule has 3 aromatic rings. The summed E-state index contributed by atoms with van der Waals surface area (Å²) < 4.78 is 38.7.